The van der Waals surface area contributed by atoms with Crippen molar-refractivity contribution < 1.29 is 9.13 Å². The lowest BCUT2D eigenvalue weighted by atomic mass is 10.1. The van der Waals surface area contributed by atoms with E-state index in [0.29, 0.717) is 36.7 Å². The van der Waals surface area contributed by atoms with Gasteiger partial charge in [0.05, 0.1) is 19.3 Å². The van der Waals surface area contributed by atoms with E-state index in [9.17, 15) is 4.39 Å². The molecule has 2 aromatic rings. The Hall–Kier alpha value is -2.12. The lowest BCUT2D eigenvalue weighted by Gasteiger charge is -2.34. The minimum absolute atomic E-state index is 0.0441. The number of aryl methyl sites for hydroxylation is 1. The van der Waals surface area contributed by atoms with Crippen LogP contribution in [0.15, 0.2) is 35.6 Å². The molecule has 0 radical (unpaired) electrons. The van der Waals surface area contributed by atoms with Crippen molar-refractivity contribution in [3.8, 4) is 0 Å². The van der Waals surface area contributed by atoms with E-state index in [0.717, 1.165) is 24.6 Å². The minimum Gasteiger partial charge on any atom is -0.370 e. The predicted octanol–water partition coefficient (Wildman–Crippen LogP) is 2.79. The van der Waals surface area contributed by atoms with E-state index in [1.165, 1.54) is 6.07 Å². The van der Waals surface area contributed by atoms with E-state index >= 15 is 0 Å². The molecule has 27 heavy (non-hydrogen) atoms. The van der Waals surface area contributed by atoms with Gasteiger partial charge >= 0.3 is 0 Å². The molecule has 0 amide bonds. The molecule has 1 aromatic heterocycles. The summed E-state index contributed by atoms with van der Waals surface area (Å²) in [6, 6.07) is 4.74. The zero-order chi connectivity index (χ0) is 19.2. The number of aromatic nitrogens is 2. The van der Waals surface area contributed by atoms with Gasteiger partial charge in [0.1, 0.15) is 11.9 Å². The third kappa shape index (κ3) is 4.99. The van der Waals surface area contributed by atoms with Crippen LogP contribution in [0.5, 0.6) is 0 Å². The van der Waals surface area contributed by atoms with E-state index in [2.05, 4.69) is 20.3 Å². The van der Waals surface area contributed by atoms with Gasteiger partial charge in [-0.25, -0.2) is 4.39 Å². The van der Waals surface area contributed by atoms with Crippen LogP contribution < -0.4 is 5.32 Å². The first-order chi connectivity index (χ1) is 13.1. The van der Waals surface area contributed by atoms with Crippen molar-refractivity contribution in [1.82, 2.24) is 20.0 Å². The molecule has 0 bridgehead atoms. The fourth-order valence-electron chi connectivity index (χ4n) is 3.12. The van der Waals surface area contributed by atoms with Crippen molar-refractivity contribution in [2.75, 3.05) is 32.8 Å². The number of hydrogen-bond donors (Lipinski definition) is 1. The number of hydrogen-bond acceptors (Lipinski definition) is 3. The van der Waals surface area contributed by atoms with Gasteiger partial charge in [0.15, 0.2) is 5.96 Å². The molecule has 0 saturated carbocycles. The number of halogens is 2. The summed E-state index contributed by atoms with van der Waals surface area (Å²) in [5.74, 6) is 0.521. The zero-order valence-electron chi connectivity index (χ0n) is 15.7. The minimum atomic E-state index is -0.286. The molecule has 2 heterocycles. The highest BCUT2D eigenvalue weighted by atomic mass is 35.5. The maximum absolute atomic E-state index is 13.9. The molecule has 1 aliphatic heterocycles. The molecule has 1 aliphatic rings. The third-order valence-corrected chi connectivity index (χ3v) is 4.84. The van der Waals surface area contributed by atoms with Crippen molar-refractivity contribution in [1.29, 1.82) is 0 Å². The maximum atomic E-state index is 13.9. The van der Waals surface area contributed by atoms with Crippen molar-refractivity contribution >= 4 is 17.6 Å². The Balaban J connectivity index is 1.67. The summed E-state index contributed by atoms with van der Waals surface area (Å²) >= 11 is 6.10. The quantitative estimate of drug-likeness (QED) is 0.627. The van der Waals surface area contributed by atoms with Gasteiger partial charge in [-0.3, -0.25) is 9.67 Å². The SMILES string of the molecule is CCNC(=NCCc1c(F)cccc1Cl)N1CCOC(c2cnn(C)c2)C1. The lowest BCUT2D eigenvalue weighted by molar-refractivity contribution is -0.00803. The maximum Gasteiger partial charge on any atom is 0.194 e. The summed E-state index contributed by atoms with van der Waals surface area (Å²) in [6.45, 7) is 5.30. The Morgan fingerprint density at radius 2 is 2.33 bits per heavy atom. The van der Waals surface area contributed by atoms with Gasteiger partial charge in [-0.15, -0.1) is 0 Å². The van der Waals surface area contributed by atoms with E-state index in [1.807, 2.05) is 26.4 Å². The lowest BCUT2D eigenvalue weighted by Crippen LogP contribution is -2.48. The Labute approximate surface area is 164 Å². The summed E-state index contributed by atoms with van der Waals surface area (Å²) < 4.78 is 21.6. The molecule has 1 aromatic carbocycles. The molecular weight excluding hydrogens is 369 g/mol. The second-order valence-corrected chi connectivity index (χ2v) is 6.85. The van der Waals surface area contributed by atoms with Crippen molar-refractivity contribution in [3.05, 3.63) is 52.6 Å². The standard InChI is InChI=1S/C19H25ClFN5O/c1-3-22-19(23-8-7-15-16(20)5-4-6-17(15)21)26-9-10-27-18(13-26)14-11-24-25(2)12-14/h4-6,11-12,18H,3,7-10,13H2,1-2H3,(H,22,23). The fourth-order valence-corrected chi connectivity index (χ4v) is 3.38. The van der Waals surface area contributed by atoms with Crippen molar-refractivity contribution in [3.63, 3.8) is 0 Å². The Bertz CT molecular complexity index is 774. The summed E-state index contributed by atoms with van der Waals surface area (Å²) in [6.07, 6.45) is 4.21. The van der Waals surface area contributed by atoms with Crippen LogP contribution in [0.25, 0.3) is 0 Å². The van der Waals surface area contributed by atoms with Crippen molar-refractivity contribution in [2.24, 2.45) is 12.0 Å². The molecule has 8 heteroatoms. The normalized spacial score (nSPS) is 18.0. The predicted molar refractivity (Wildman–Crippen MR) is 105 cm³/mol. The monoisotopic (exact) mass is 393 g/mol. The number of rotatable bonds is 5. The largest absolute Gasteiger partial charge is 0.370 e. The topological polar surface area (TPSA) is 54.7 Å². The van der Waals surface area contributed by atoms with Crippen LogP contribution in [-0.2, 0) is 18.2 Å². The van der Waals surface area contributed by atoms with Gasteiger partial charge in [-0.1, -0.05) is 17.7 Å². The van der Waals surface area contributed by atoms with E-state index in [1.54, 1.807) is 16.8 Å². The number of guanidine groups is 1. The van der Waals surface area contributed by atoms with Crippen LogP contribution in [0, 0.1) is 5.82 Å². The molecule has 0 aliphatic carbocycles. The van der Waals surface area contributed by atoms with Crippen LogP contribution in [0.4, 0.5) is 4.39 Å². The molecule has 1 unspecified atom stereocenters. The summed E-state index contributed by atoms with van der Waals surface area (Å²) in [4.78, 5) is 6.85. The molecule has 3 rings (SSSR count). The first-order valence-electron chi connectivity index (χ1n) is 9.14. The first kappa shape index (κ1) is 19.6. The summed E-state index contributed by atoms with van der Waals surface area (Å²) in [7, 11) is 1.89. The summed E-state index contributed by atoms with van der Waals surface area (Å²) in [5.41, 5.74) is 1.56. The van der Waals surface area contributed by atoms with Gasteiger partial charge in [0, 0.05) is 49.0 Å². The van der Waals surface area contributed by atoms with E-state index < -0.39 is 0 Å². The molecule has 1 N–H and O–H groups in total. The highest BCUT2D eigenvalue weighted by Gasteiger charge is 2.25. The number of morpholine rings is 1. The highest BCUT2D eigenvalue weighted by Crippen LogP contribution is 2.22. The first-order valence-corrected chi connectivity index (χ1v) is 9.52. The average molecular weight is 394 g/mol. The molecular formula is C19H25ClFN5O. The molecule has 1 fully saturated rings. The number of nitrogens with one attached hydrogen (secondary N) is 1. The molecule has 146 valence electrons. The second-order valence-electron chi connectivity index (χ2n) is 6.44. The van der Waals surface area contributed by atoms with Crippen LogP contribution >= 0.6 is 11.6 Å². The van der Waals surface area contributed by atoms with Crippen LogP contribution in [0.3, 0.4) is 0 Å². The third-order valence-electron chi connectivity index (χ3n) is 4.48. The average Bonchev–Trinajstić information content (AvgIpc) is 3.10. The molecule has 6 nitrogen and oxygen atoms in total. The van der Waals surface area contributed by atoms with Gasteiger partial charge in [-0.05, 0) is 25.5 Å². The van der Waals surface area contributed by atoms with Crippen LogP contribution in [0.1, 0.15) is 24.2 Å². The van der Waals surface area contributed by atoms with E-state index in [4.69, 9.17) is 16.3 Å². The Kier molecular flexibility index (Phi) is 6.68. The number of benzene rings is 1. The van der Waals surface area contributed by atoms with Gasteiger partial charge in [0.2, 0.25) is 0 Å². The number of ether oxygens (including phenoxy) is 1. The Morgan fingerprint density at radius 3 is 3.04 bits per heavy atom. The molecule has 1 atom stereocenters. The van der Waals surface area contributed by atoms with Crippen LogP contribution in [0.2, 0.25) is 5.02 Å². The summed E-state index contributed by atoms with van der Waals surface area (Å²) in [5, 5.41) is 7.98. The van der Waals surface area contributed by atoms with Gasteiger partial charge in [-0.2, -0.15) is 5.10 Å². The zero-order valence-corrected chi connectivity index (χ0v) is 16.4. The Morgan fingerprint density at radius 1 is 1.48 bits per heavy atom. The highest BCUT2D eigenvalue weighted by molar-refractivity contribution is 6.31. The van der Waals surface area contributed by atoms with Crippen molar-refractivity contribution in [2.45, 2.75) is 19.4 Å². The van der Waals surface area contributed by atoms with E-state index in [-0.39, 0.29) is 11.9 Å². The second kappa shape index (κ2) is 9.19. The molecule has 1 saturated heterocycles. The van der Waals surface area contributed by atoms with Crippen LogP contribution in [-0.4, -0.2) is 53.4 Å². The number of aliphatic imine (C=N–C) groups is 1. The van der Waals surface area contributed by atoms with Gasteiger partial charge in [0.25, 0.3) is 0 Å². The number of nitrogens with zero attached hydrogens (tertiary/aromatic N) is 4. The van der Waals surface area contributed by atoms with Gasteiger partial charge < -0.3 is 15.0 Å². The molecule has 0 spiro atoms. The fraction of sp³-hybridized carbons (Fsp3) is 0.474. The smallest absolute Gasteiger partial charge is 0.194 e.